The summed E-state index contributed by atoms with van der Waals surface area (Å²) in [6, 6.07) is 6.30. The fraction of sp³-hybridized carbons (Fsp3) is 0.455. The Bertz CT molecular complexity index is 511. The summed E-state index contributed by atoms with van der Waals surface area (Å²) >= 11 is 5.84. The van der Waals surface area contributed by atoms with Crippen LogP contribution < -0.4 is 4.72 Å². The van der Waals surface area contributed by atoms with Gasteiger partial charge in [0.25, 0.3) is 0 Å². The molecular weight excluding hydrogens is 262 g/mol. The molecule has 6 heteroatoms. The normalized spacial score (nSPS) is 18.0. The molecule has 0 heterocycles. The number of aliphatic hydroxyl groups is 1. The molecule has 2 rings (SSSR count). The van der Waals surface area contributed by atoms with Crippen LogP contribution in [-0.4, -0.2) is 26.7 Å². The lowest BCUT2D eigenvalue weighted by Crippen LogP contribution is -2.32. The van der Waals surface area contributed by atoms with E-state index >= 15 is 0 Å². The number of sulfonamides is 1. The molecule has 0 unspecified atom stereocenters. The lowest BCUT2D eigenvalue weighted by Gasteiger charge is -2.13. The highest BCUT2D eigenvalue weighted by Gasteiger charge is 2.42. The SMILES string of the molecule is O=S(=O)(NCC1(CO)CC1)c1ccccc1Cl. The highest BCUT2D eigenvalue weighted by Crippen LogP contribution is 2.44. The second kappa shape index (κ2) is 4.57. The third-order valence-electron chi connectivity index (χ3n) is 3.06. The van der Waals surface area contributed by atoms with E-state index in [-0.39, 0.29) is 28.5 Å². The number of halogens is 1. The van der Waals surface area contributed by atoms with Crippen molar-refractivity contribution in [2.75, 3.05) is 13.2 Å². The van der Waals surface area contributed by atoms with Crippen molar-refractivity contribution in [2.45, 2.75) is 17.7 Å². The van der Waals surface area contributed by atoms with Crippen LogP contribution in [0.1, 0.15) is 12.8 Å². The topological polar surface area (TPSA) is 66.4 Å². The zero-order chi connectivity index (χ0) is 12.5. The molecule has 1 aliphatic rings. The molecule has 0 radical (unpaired) electrons. The van der Waals surface area contributed by atoms with Crippen LogP contribution >= 0.6 is 11.6 Å². The second-order valence-electron chi connectivity index (χ2n) is 4.41. The first-order valence-electron chi connectivity index (χ1n) is 5.34. The van der Waals surface area contributed by atoms with E-state index in [2.05, 4.69) is 4.72 Å². The van der Waals surface area contributed by atoms with E-state index in [1.807, 2.05) is 0 Å². The summed E-state index contributed by atoms with van der Waals surface area (Å²) in [4.78, 5) is 0.0791. The summed E-state index contributed by atoms with van der Waals surface area (Å²) in [6.07, 6.45) is 1.71. The van der Waals surface area contributed by atoms with Gasteiger partial charge in [-0.15, -0.1) is 0 Å². The number of hydrogen-bond acceptors (Lipinski definition) is 3. The molecule has 0 bridgehead atoms. The van der Waals surface area contributed by atoms with Crippen molar-refractivity contribution in [2.24, 2.45) is 5.41 Å². The van der Waals surface area contributed by atoms with Crippen LogP contribution in [0, 0.1) is 5.41 Å². The zero-order valence-electron chi connectivity index (χ0n) is 9.19. The smallest absolute Gasteiger partial charge is 0.242 e. The van der Waals surface area contributed by atoms with Crippen LogP contribution in [0.2, 0.25) is 5.02 Å². The van der Waals surface area contributed by atoms with Crippen molar-refractivity contribution in [1.82, 2.24) is 4.72 Å². The Morgan fingerprint density at radius 2 is 2.00 bits per heavy atom. The zero-order valence-corrected chi connectivity index (χ0v) is 10.8. The predicted octanol–water partition coefficient (Wildman–Crippen LogP) is 1.39. The van der Waals surface area contributed by atoms with Gasteiger partial charge < -0.3 is 5.11 Å². The van der Waals surface area contributed by atoms with Crippen LogP contribution in [0.4, 0.5) is 0 Å². The Kier molecular flexibility index (Phi) is 3.45. The Morgan fingerprint density at radius 3 is 2.53 bits per heavy atom. The van der Waals surface area contributed by atoms with Crippen LogP contribution in [0.5, 0.6) is 0 Å². The highest BCUT2D eigenvalue weighted by atomic mass is 35.5. The summed E-state index contributed by atoms with van der Waals surface area (Å²) < 4.78 is 26.4. The van der Waals surface area contributed by atoms with E-state index in [4.69, 9.17) is 16.7 Å². The van der Waals surface area contributed by atoms with E-state index in [9.17, 15) is 8.42 Å². The van der Waals surface area contributed by atoms with Crippen molar-refractivity contribution < 1.29 is 13.5 Å². The first-order chi connectivity index (χ1) is 7.99. The quantitative estimate of drug-likeness (QED) is 0.853. The van der Waals surface area contributed by atoms with Crippen molar-refractivity contribution in [1.29, 1.82) is 0 Å². The van der Waals surface area contributed by atoms with Gasteiger partial charge in [0.05, 0.1) is 5.02 Å². The minimum absolute atomic E-state index is 0.0119. The van der Waals surface area contributed by atoms with E-state index in [1.54, 1.807) is 12.1 Å². The lowest BCUT2D eigenvalue weighted by molar-refractivity contribution is 0.213. The minimum atomic E-state index is -3.59. The van der Waals surface area contributed by atoms with Crippen LogP contribution in [0.15, 0.2) is 29.2 Å². The molecule has 1 aromatic rings. The summed E-state index contributed by atoms with van der Waals surface area (Å²) in [5.41, 5.74) is -0.256. The summed E-state index contributed by atoms with van der Waals surface area (Å²) in [6.45, 7) is 0.273. The molecule has 0 amide bonds. The molecule has 4 nitrogen and oxygen atoms in total. The van der Waals surface area contributed by atoms with Gasteiger partial charge in [0.15, 0.2) is 0 Å². The standard InChI is InChI=1S/C11H14ClNO3S/c12-9-3-1-2-4-10(9)17(15,16)13-7-11(8-14)5-6-11/h1-4,13-14H,5-8H2. The van der Waals surface area contributed by atoms with Crippen molar-refractivity contribution in [3.8, 4) is 0 Å². The van der Waals surface area contributed by atoms with Gasteiger partial charge in [-0.1, -0.05) is 23.7 Å². The molecule has 0 aliphatic heterocycles. The fourth-order valence-corrected chi connectivity index (χ4v) is 3.23. The fourth-order valence-electron chi connectivity index (χ4n) is 1.56. The molecule has 94 valence electrons. The van der Waals surface area contributed by atoms with Crippen LogP contribution in [-0.2, 0) is 10.0 Å². The molecule has 0 atom stereocenters. The van der Waals surface area contributed by atoms with Gasteiger partial charge in [0.2, 0.25) is 10.0 Å². The molecule has 2 N–H and O–H groups in total. The molecule has 1 saturated carbocycles. The molecule has 0 aromatic heterocycles. The van der Waals surface area contributed by atoms with E-state index < -0.39 is 10.0 Å². The van der Waals surface area contributed by atoms with E-state index in [1.165, 1.54) is 12.1 Å². The maximum Gasteiger partial charge on any atom is 0.242 e. The average Bonchev–Trinajstić information content (AvgIpc) is 3.08. The molecule has 1 fully saturated rings. The number of nitrogens with one attached hydrogen (secondary N) is 1. The average molecular weight is 276 g/mol. The number of benzene rings is 1. The molecule has 1 aliphatic carbocycles. The molecule has 0 saturated heterocycles. The highest BCUT2D eigenvalue weighted by molar-refractivity contribution is 7.89. The molecule has 1 aromatic carbocycles. The number of hydrogen-bond donors (Lipinski definition) is 2. The summed E-state index contributed by atoms with van der Waals surface area (Å²) in [5.74, 6) is 0. The monoisotopic (exact) mass is 275 g/mol. The summed E-state index contributed by atoms with van der Waals surface area (Å²) in [5, 5.41) is 9.32. The maximum absolute atomic E-state index is 12.0. The van der Waals surface area contributed by atoms with Crippen molar-refractivity contribution >= 4 is 21.6 Å². The van der Waals surface area contributed by atoms with Gasteiger partial charge in [-0.3, -0.25) is 0 Å². The van der Waals surface area contributed by atoms with Gasteiger partial charge in [-0.25, -0.2) is 13.1 Å². The third kappa shape index (κ3) is 2.80. The first-order valence-corrected chi connectivity index (χ1v) is 7.20. The van der Waals surface area contributed by atoms with Crippen LogP contribution in [0.3, 0.4) is 0 Å². The molecular formula is C11H14ClNO3S. The van der Waals surface area contributed by atoms with Gasteiger partial charge in [-0.05, 0) is 25.0 Å². The summed E-state index contributed by atoms with van der Waals surface area (Å²) in [7, 11) is -3.59. The van der Waals surface area contributed by atoms with E-state index in [0.717, 1.165) is 12.8 Å². The van der Waals surface area contributed by atoms with Gasteiger partial charge in [-0.2, -0.15) is 0 Å². The predicted molar refractivity (Wildman–Crippen MR) is 65.4 cm³/mol. The Hall–Kier alpha value is -0.620. The second-order valence-corrected chi connectivity index (χ2v) is 6.56. The van der Waals surface area contributed by atoms with E-state index in [0.29, 0.717) is 0 Å². The molecule has 17 heavy (non-hydrogen) atoms. The molecule has 0 spiro atoms. The number of rotatable bonds is 5. The van der Waals surface area contributed by atoms with Crippen LogP contribution in [0.25, 0.3) is 0 Å². The lowest BCUT2D eigenvalue weighted by atomic mass is 10.1. The maximum atomic E-state index is 12.0. The Morgan fingerprint density at radius 1 is 1.35 bits per heavy atom. The minimum Gasteiger partial charge on any atom is -0.396 e. The Labute approximate surface area is 106 Å². The Balaban J connectivity index is 2.12. The third-order valence-corrected chi connectivity index (χ3v) is 4.96. The van der Waals surface area contributed by atoms with Gasteiger partial charge in [0, 0.05) is 18.6 Å². The van der Waals surface area contributed by atoms with Gasteiger partial charge in [0.1, 0.15) is 4.90 Å². The number of aliphatic hydroxyl groups excluding tert-OH is 1. The van der Waals surface area contributed by atoms with Crippen molar-refractivity contribution in [3.63, 3.8) is 0 Å². The van der Waals surface area contributed by atoms with Gasteiger partial charge >= 0.3 is 0 Å². The largest absolute Gasteiger partial charge is 0.396 e. The first kappa shape index (κ1) is 12.8. The van der Waals surface area contributed by atoms with Crippen molar-refractivity contribution in [3.05, 3.63) is 29.3 Å².